The lowest BCUT2D eigenvalue weighted by Crippen LogP contribution is -1.87. The van der Waals surface area contributed by atoms with Gasteiger partial charge in [-0.1, -0.05) is 24.4 Å². The fraction of sp³-hybridized carbons (Fsp3) is 0.133. The van der Waals surface area contributed by atoms with Gasteiger partial charge in [-0.05, 0) is 30.7 Å². The molecule has 0 aliphatic rings. The zero-order valence-corrected chi connectivity index (χ0v) is 11.0. The summed E-state index contributed by atoms with van der Waals surface area (Å²) in [4.78, 5) is 0. The fourth-order valence-electron chi connectivity index (χ4n) is 2.21. The Labute approximate surface area is 110 Å². The number of para-hydroxylation sites is 1. The van der Waals surface area contributed by atoms with Crippen molar-refractivity contribution < 1.29 is 9.15 Å². The average Bonchev–Trinajstić information content (AvgIpc) is 2.38. The lowest BCUT2D eigenvalue weighted by atomic mass is 10.1. The summed E-state index contributed by atoms with van der Waals surface area (Å²) in [7, 11) is 1.65. The van der Waals surface area contributed by atoms with Crippen molar-refractivity contribution in [1.29, 1.82) is 0 Å². The zero-order valence-electron chi connectivity index (χ0n) is 10.2. The third-order valence-electron chi connectivity index (χ3n) is 3.09. The summed E-state index contributed by atoms with van der Waals surface area (Å²) < 4.78 is 12.0. The SMILES string of the molecule is COc1cc(C)c2c(=S)c3ccccc3oc2c1. The van der Waals surface area contributed by atoms with Gasteiger partial charge in [-0.25, -0.2) is 0 Å². The van der Waals surface area contributed by atoms with Crippen LogP contribution < -0.4 is 4.74 Å². The van der Waals surface area contributed by atoms with E-state index >= 15 is 0 Å². The van der Waals surface area contributed by atoms with Crippen LogP contribution in [0.5, 0.6) is 5.75 Å². The van der Waals surface area contributed by atoms with Crippen LogP contribution in [0.2, 0.25) is 0 Å². The second-order valence-corrected chi connectivity index (χ2v) is 4.65. The van der Waals surface area contributed by atoms with Crippen LogP contribution in [0, 0.1) is 11.4 Å². The van der Waals surface area contributed by atoms with Crippen LogP contribution in [0.25, 0.3) is 21.9 Å². The van der Waals surface area contributed by atoms with Crippen LogP contribution in [0.3, 0.4) is 0 Å². The van der Waals surface area contributed by atoms with Crippen LogP contribution >= 0.6 is 12.2 Å². The van der Waals surface area contributed by atoms with Gasteiger partial charge >= 0.3 is 0 Å². The molecule has 0 saturated carbocycles. The Morgan fingerprint density at radius 3 is 2.67 bits per heavy atom. The van der Waals surface area contributed by atoms with E-state index in [0.717, 1.165) is 37.8 Å². The van der Waals surface area contributed by atoms with Crippen molar-refractivity contribution in [3.8, 4) is 5.75 Å². The highest BCUT2D eigenvalue weighted by Crippen LogP contribution is 2.30. The fourth-order valence-corrected chi connectivity index (χ4v) is 2.64. The Morgan fingerprint density at radius 1 is 1.11 bits per heavy atom. The molecule has 1 heterocycles. The number of hydrogen-bond acceptors (Lipinski definition) is 3. The van der Waals surface area contributed by atoms with Crippen LogP contribution in [-0.2, 0) is 0 Å². The number of rotatable bonds is 1. The van der Waals surface area contributed by atoms with Gasteiger partial charge in [0.25, 0.3) is 0 Å². The predicted molar refractivity (Wildman–Crippen MR) is 75.8 cm³/mol. The second-order valence-electron chi connectivity index (χ2n) is 4.24. The normalized spacial score (nSPS) is 11.0. The Morgan fingerprint density at radius 2 is 1.89 bits per heavy atom. The lowest BCUT2D eigenvalue weighted by Gasteiger charge is -2.07. The first-order valence-electron chi connectivity index (χ1n) is 5.71. The molecule has 90 valence electrons. The van der Waals surface area contributed by atoms with Gasteiger partial charge in [0.1, 0.15) is 16.9 Å². The molecule has 0 fully saturated rings. The molecule has 2 nitrogen and oxygen atoms in total. The van der Waals surface area contributed by atoms with E-state index in [-0.39, 0.29) is 0 Å². The molecule has 0 saturated heterocycles. The molecule has 2 aromatic carbocycles. The Balaban J connectivity index is 2.56. The number of ether oxygens (including phenoxy) is 1. The van der Waals surface area contributed by atoms with Crippen molar-refractivity contribution in [3.63, 3.8) is 0 Å². The van der Waals surface area contributed by atoms with E-state index in [4.69, 9.17) is 21.4 Å². The Kier molecular flexibility index (Phi) is 2.56. The van der Waals surface area contributed by atoms with Crippen LogP contribution in [0.15, 0.2) is 40.8 Å². The number of hydrogen-bond donors (Lipinski definition) is 0. The monoisotopic (exact) mass is 256 g/mol. The molecule has 0 aliphatic carbocycles. The smallest absolute Gasteiger partial charge is 0.140 e. The van der Waals surface area contributed by atoms with Crippen molar-refractivity contribution in [2.24, 2.45) is 0 Å². The summed E-state index contributed by atoms with van der Waals surface area (Å²) in [6.07, 6.45) is 0. The first kappa shape index (κ1) is 11.2. The highest BCUT2D eigenvalue weighted by atomic mass is 32.1. The topological polar surface area (TPSA) is 22.4 Å². The molecule has 0 aliphatic heterocycles. The molecule has 0 spiro atoms. The quantitative estimate of drug-likeness (QED) is 0.468. The minimum atomic E-state index is 0.774. The second kappa shape index (κ2) is 4.10. The van der Waals surface area contributed by atoms with E-state index < -0.39 is 0 Å². The molecule has 0 bridgehead atoms. The highest BCUT2D eigenvalue weighted by molar-refractivity contribution is 7.72. The van der Waals surface area contributed by atoms with E-state index in [1.165, 1.54) is 0 Å². The minimum Gasteiger partial charge on any atom is -0.497 e. The highest BCUT2D eigenvalue weighted by Gasteiger charge is 2.08. The standard InChI is InChI=1S/C15H12O2S/c1-9-7-10(16-2)8-13-14(9)15(18)11-5-3-4-6-12(11)17-13/h3-8H,1-2H3. The lowest BCUT2D eigenvalue weighted by molar-refractivity contribution is 0.414. The molecule has 0 atom stereocenters. The average molecular weight is 256 g/mol. The third kappa shape index (κ3) is 1.59. The number of benzene rings is 2. The van der Waals surface area contributed by atoms with Gasteiger partial charge in [-0.2, -0.15) is 0 Å². The maximum Gasteiger partial charge on any atom is 0.140 e. The first-order chi connectivity index (χ1) is 8.70. The Bertz CT molecular complexity index is 803. The molecular formula is C15H12O2S. The molecule has 3 heteroatoms. The molecule has 3 aromatic rings. The number of fused-ring (bicyclic) bond motifs is 2. The van der Waals surface area contributed by atoms with E-state index in [0.29, 0.717) is 0 Å². The molecule has 0 radical (unpaired) electrons. The number of aryl methyl sites for hydroxylation is 1. The van der Waals surface area contributed by atoms with E-state index in [1.807, 2.05) is 43.3 Å². The Hall–Kier alpha value is -1.87. The van der Waals surface area contributed by atoms with E-state index in [2.05, 4.69) is 0 Å². The summed E-state index contributed by atoms with van der Waals surface area (Å²) in [6.45, 7) is 2.02. The van der Waals surface area contributed by atoms with Gasteiger partial charge in [0.15, 0.2) is 0 Å². The van der Waals surface area contributed by atoms with Gasteiger partial charge in [-0.3, -0.25) is 0 Å². The van der Waals surface area contributed by atoms with Gasteiger partial charge in [0.2, 0.25) is 0 Å². The zero-order chi connectivity index (χ0) is 12.7. The van der Waals surface area contributed by atoms with Crippen molar-refractivity contribution in [2.45, 2.75) is 6.92 Å². The molecule has 0 N–H and O–H groups in total. The maximum atomic E-state index is 5.90. The number of methoxy groups -OCH3 is 1. The molecule has 0 amide bonds. The summed E-state index contributed by atoms with van der Waals surface area (Å²) >= 11 is 5.56. The van der Waals surface area contributed by atoms with Gasteiger partial charge < -0.3 is 9.15 Å². The maximum absolute atomic E-state index is 5.90. The van der Waals surface area contributed by atoms with Crippen molar-refractivity contribution in [2.75, 3.05) is 7.11 Å². The van der Waals surface area contributed by atoms with Gasteiger partial charge in [-0.15, -0.1) is 0 Å². The minimum absolute atomic E-state index is 0.774. The largest absolute Gasteiger partial charge is 0.497 e. The van der Waals surface area contributed by atoms with Crippen molar-refractivity contribution in [3.05, 3.63) is 46.5 Å². The first-order valence-corrected chi connectivity index (χ1v) is 6.12. The van der Waals surface area contributed by atoms with E-state index in [1.54, 1.807) is 7.11 Å². The van der Waals surface area contributed by atoms with E-state index in [9.17, 15) is 0 Å². The third-order valence-corrected chi connectivity index (χ3v) is 3.51. The summed E-state index contributed by atoms with van der Waals surface area (Å²) in [5.74, 6) is 0.786. The predicted octanol–water partition coefficient (Wildman–Crippen LogP) is 4.63. The summed E-state index contributed by atoms with van der Waals surface area (Å²) in [5.41, 5.74) is 2.65. The van der Waals surface area contributed by atoms with Gasteiger partial charge in [0, 0.05) is 16.8 Å². The van der Waals surface area contributed by atoms with Crippen LogP contribution in [-0.4, -0.2) is 7.11 Å². The van der Waals surface area contributed by atoms with Gasteiger partial charge in [0.05, 0.1) is 11.6 Å². The van der Waals surface area contributed by atoms with Crippen LogP contribution in [0.1, 0.15) is 5.56 Å². The summed E-state index contributed by atoms with van der Waals surface area (Å²) in [5, 5.41) is 1.97. The summed E-state index contributed by atoms with van der Waals surface area (Å²) in [6, 6.07) is 11.7. The molecule has 18 heavy (non-hydrogen) atoms. The van der Waals surface area contributed by atoms with Crippen molar-refractivity contribution >= 4 is 34.2 Å². The molecular weight excluding hydrogens is 244 g/mol. The van der Waals surface area contributed by atoms with Crippen molar-refractivity contribution in [1.82, 2.24) is 0 Å². The molecule has 3 rings (SSSR count). The molecule has 0 unspecified atom stereocenters. The molecule has 1 aromatic heterocycles. The van der Waals surface area contributed by atoms with Crippen LogP contribution in [0.4, 0.5) is 0 Å².